The van der Waals surface area contributed by atoms with E-state index in [1.807, 2.05) is 6.08 Å². The zero-order chi connectivity index (χ0) is 17.0. The second-order valence-electron chi connectivity index (χ2n) is 5.81. The van der Waals surface area contributed by atoms with Crippen molar-refractivity contribution < 1.29 is 9.47 Å². The van der Waals surface area contributed by atoms with E-state index >= 15 is 0 Å². The maximum absolute atomic E-state index is 5.99. The fourth-order valence-electron chi connectivity index (χ4n) is 2.56. The monoisotopic (exact) mass is 331 g/mol. The number of nitrogens with one attached hydrogen (secondary N) is 2. The molecule has 0 bridgehead atoms. The van der Waals surface area contributed by atoms with Crippen LogP contribution in [0.4, 0.5) is 0 Å². The summed E-state index contributed by atoms with van der Waals surface area (Å²) in [6.07, 6.45) is 4.13. The van der Waals surface area contributed by atoms with Gasteiger partial charge in [0.1, 0.15) is 0 Å². The highest BCUT2D eigenvalue weighted by Gasteiger charge is 2.13. The van der Waals surface area contributed by atoms with Crippen molar-refractivity contribution in [1.29, 1.82) is 0 Å². The summed E-state index contributed by atoms with van der Waals surface area (Å²) in [7, 11) is 0. The summed E-state index contributed by atoms with van der Waals surface area (Å²) in [6, 6.07) is 8.43. The molecule has 0 spiro atoms. The quantitative estimate of drug-likeness (QED) is 0.437. The molecule has 0 unspecified atom stereocenters. The van der Waals surface area contributed by atoms with Gasteiger partial charge in [-0.2, -0.15) is 0 Å². The van der Waals surface area contributed by atoms with Gasteiger partial charge in [0, 0.05) is 26.3 Å². The number of hydrogen-bond acceptors (Lipinski definition) is 3. The summed E-state index contributed by atoms with van der Waals surface area (Å²) >= 11 is 0. The molecule has 1 aromatic carbocycles. The first kappa shape index (κ1) is 18.5. The number of aliphatic imine (C=N–C) groups is 1. The molecule has 0 saturated carbocycles. The van der Waals surface area contributed by atoms with Gasteiger partial charge in [0.2, 0.25) is 0 Å². The Morgan fingerprint density at radius 3 is 2.88 bits per heavy atom. The van der Waals surface area contributed by atoms with Crippen LogP contribution < -0.4 is 10.6 Å². The third-order valence-electron chi connectivity index (χ3n) is 3.82. The van der Waals surface area contributed by atoms with Crippen LogP contribution in [0.5, 0.6) is 0 Å². The summed E-state index contributed by atoms with van der Waals surface area (Å²) in [4.78, 5) is 4.60. The number of ether oxygens (including phenoxy) is 2. The Hall–Kier alpha value is -1.85. The van der Waals surface area contributed by atoms with Gasteiger partial charge >= 0.3 is 0 Å². The molecule has 0 amide bonds. The van der Waals surface area contributed by atoms with E-state index in [1.165, 1.54) is 11.1 Å². The second-order valence-corrected chi connectivity index (χ2v) is 5.81. The first-order valence-electron chi connectivity index (χ1n) is 8.72. The number of benzene rings is 1. The summed E-state index contributed by atoms with van der Waals surface area (Å²) in [5, 5.41) is 6.43. The minimum atomic E-state index is 0.323. The molecule has 5 nitrogen and oxygen atoms in total. The summed E-state index contributed by atoms with van der Waals surface area (Å²) < 4.78 is 11.3. The van der Waals surface area contributed by atoms with Crippen molar-refractivity contribution in [3.05, 3.63) is 48.0 Å². The predicted molar refractivity (Wildman–Crippen MR) is 98.1 cm³/mol. The molecule has 24 heavy (non-hydrogen) atoms. The van der Waals surface area contributed by atoms with Gasteiger partial charge in [-0.15, -0.1) is 6.58 Å². The largest absolute Gasteiger partial charge is 0.381 e. The van der Waals surface area contributed by atoms with Crippen LogP contribution in [0.1, 0.15) is 30.9 Å². The maximum atomic E-state index is 5.99. The minimum Gasteiger partial charge on any atom is -0.381 e. The first-order chi connectivity index (χ1) is 11.8. The molecular formula is C19H29N3O2. The van der Waals surface area contributed by atoms with E-state index in [2.05, 4.69) is 53.4 Å². The van der Waals surface area contributed by atoms with Crippen LogP contribution in [0.3, 0.4) is 0 Å². The van der Waals surface area contributed by atoms with Crippen LogP contribution in [0, 0.1) is 0 Å². The molecule has 1 aliphatic rings. The third kappa shape index (κ3) is 6.72. The number of nitrogens with zero attached hydrogens (tertiary/aromatic N) is 1. The van der Waals surface area contributed by atoms with Crippen LogP contribution in [-0.2, 0) is 22.6 Å². The molecular weight excluding hydrogens is 302 g/mol. The van der Waals surface area contributed by atoms with Crippen LogP contribution in [0.15, 0.2) is 41.9 Å². The Bertz CT molecular complexity index is 525. The minimum absolute atomic E-state index is 0.323. The highest BCUT2D eigenvalue weighted by Crippen LogP contribution is 2.14. The lowest BCUT2D eigenvalue weighted by atomic mass is 10.1. The van der Waals surface area contributed by atoms with Gasteiger partial charge < -0.3 is 20.1 Å². The summed E-state index contributed by atoms with van der Waals surface area (Å²) in [5.74, 6) is 0.807. The normalized spacial score (nSPS) is 16.0. The Balaban J connectivity index is 1.87. The van der Waals surface area contributed by atoms with E-state index in [1.54, 1.807) is 0 Å². The van der Waals surface area contributed by atoms with Crippen molar-refractivity contribution >= 4 is 5.96 Å². The second kappa shape index (κ2) is 10.8. The van der Waals surface area contributed by atoms with Crippen LogP contribution >= 0.6 is 0 Å². The molecule has 5 heteroatoms. The van der Waals surface area contributed by atoms with E-state index < -0.39 is 0 Å². The van der Waals surface area contributed by atoms with Crippen molar-refractivity contribution in [2.24, 2.45) is 4.99 Å². The zero-order valence-electron chi connectivity index (χ0n) is 14.6. The van der Waals surface area contributed by atoms with Gasteiger partial charge in [-0.05, 0) is 30.9 Å². The highest BCUT2D eigenvalue weighted by atomic mass is 16.5. The number of hydrogen-bond donors (Lipinski definition) is 2. The Morgan fingerprint density at radius 1 is 1.33 bits per heavy atom. The zero-order valence-corrected chi connectivity index (χ0v) is 14.6. The number of rotatable bonds is 8. The third-order valence-corrected chi connectivity index (χ3v) is 3.82. The van der Waals surface area contributed by atoms with E-state index in [-0.39, 0.29) is 0 Å². The Labute approximate surface area is 145 Å². The lowest BCUT2D eigenvalue weighted by Gasteiger charge is -2.22. The van der Waals surface area contributed by atoms with Crippen LogP contribution in [0.2, 0.25) is 0 Å². The molecule has 1 fully saturated rings. The highest BCUT2D eigenvalue weighted by molar-refractivity contribution is 5.79. The molecule has 0 aliphatic carbocycles. The molecule has 0 atom stereocenters. The molecule has 1 aliphatic heterocycles. The fourth-order valence-corrected chi connectivity index (χ4v) is 2.56. The maximum Gasteiger partial charge on any atom is 0.191 e. The van der Waals surface area contributed by atoms with Gasteiger partial charge in [-0.1, -0.05) is 30.3 Å². The topological polar surface area (TPSA) is 54.9 Å². The van der Waals surface area contributed by atoms with Crippen molar-refractivity contribution in [1.82, 2.24) is 10.6 Å². The fraction of sp³-hybridized carbons (Fsp3) is 0.526. The standard InChI is InChI=1S/C19H29N3O2/c1-3-10-21-19(20-4-2)22-14-16-6-5-7-17(13-16)15-24-18-8-11-23-12-9-18/h3,5-7,13,18H,1,4,8-12,14-15H2,2H3,(H2,20,21,22). The van der Waals surface area contributed by atoms with E-state index in [0.717, 1.165) is 38.6 Å². The van der Waals surface area contributed by atoms with Gasteiger partial charge in [-0.25, -0.2) is 4.99 Å². The molecule has 0 radical (unpaired) electrons. The molecule has 1 saturated heterocycles. The SMILES string of the molecule is C=CCNC(=NCc1cccc(COC2CCOCC2)c1)NCC. The molecule has 1 heterocycles. The Kier molecular flexibility index (Phi) is 8.35. The lowest BCUT2D eigenvalue weighted by molar-refractivity contribution is -0.0390. The lowest BCUT2D eigenvalue weighted by Crippen LogP contribution is -2.37. The molecule has 2 N–H and O–H groups in total. The van der Waals surface area contributed by atoms with Crippen molar-refractivity contribution in [3.63, 3.8) is 0 Å². The average molecular weight is 331 g/mol. The van der Waals surface area contributed by atoms with Crippen molar-refractivity contribution in [2.75, 3.05) is 26.3 Å². The van der Waals surface area contributed by atoms with Gasteiger partial charge in [0.15, 0.2) is 5.96 Å². The summed E-state index contributed by atoms with van der Waals surface area (Å²) in [6.45, 7) is 10.2. The number of guanidine groups is 1. The summed E-state index contributed by atoms with van der Waals surface area (Å²) in [5.41, 5.74) is 2.37. The van der Waals surface area contributed by atoms with Gasteiger partial charge in [0.25, 0.3) is 0 Å². The van der Waals surface area contributed by atoms with E-state index in [9.17, 15) is 0 Å². The molecule has 1 aromatic rings. The van der Waals surface area contributed by atoms with Crippen molar-refractivity contribution in [3.8, 4) is 0 Å². The van der Waals surface area contributed by atoms with E-state index in [0.29, 0.717) is 25.8 Å². The Morgan fingerprint density at radius 2 is 2.12 bits per heavy atom. The van der Waals surface area contributed by atoms with Crippen LogP contribution in [0.25, 0.3) is 0 Å². The smallest absolute Gasteiger partial charge is 0.191 e. The van der Waals surface area contributed by atoms with Crippen LogP contribution in [-0.4, -0.2) is 38.4 Å². The van der Waals surface area contributed by atoms with Gasteiger partial charge in [0.05, 0.1) is 19.3 Å². The van der Waals surface area contributed by atoms with Crippen molar-refractivity contribution in [2.45, 2.75) is 39.0 Å². The average Bonchev–Trinajstić information content (AvgIpc) is 2.63. The molecule has 2 rings (SSSR count). The predicted octanol–water partition coefficient (Wildman–Crippen LogP) is 2.62. The van der Waals surface area contributed by atoms with Gasteiger partial charge in [-0.3, -0.25) is 0 Å². The molecule has 0 aromatic heterocycles. The molecule has 132 valence electrons. The van der Waals surface area contributed by atoms with E-state index in [4.69, 9.17) is 9.47 Å². The first-order valence-corrected chi connectivity index (χ1v) is 8.72.